The summed E-state index contributed by atoms with van der Waals surface area (Å²) in [5.74, 6) is 0. The van der Waals surface area contributed by atoms with Gasteiger partial charge in [0.25, 0.3) is 0 Å². The molecular formula is Rf24. The molecule has 0 atom stereocenters. The first kappa shape index (κ1) is 0. The van der Waals surface area contributed by atoms with Crippen molar-refractivity contribution in [3.05, 3.63) is 0 Å². The minimum atomic E-state index is 0. The van der Waals surface area contributed by atoms with E-state index in [1.165, 1.54) is 0 Å². The summed E-state index contributed by atoms with van der Waals surface area (Å²) < 4.78 is 0. The van der Waals surface area contributed by atoms with Crippen LogP contribution in [0.2, 0.25) is 0 Å². The monoisotopic (exact) mass is 6410 g/mol. The van der Waals surface area contributed by atoms with E-state index in [-0.39, 0.29) is 0 Å². The molecule has 0 aliphatic heterocycles. The molecule has 48 valence electrons. The van der Waals surface area contributed by atoms with Crippen molar-refractivity contribution < 1.29 is 0 Å². The number of rotatable bonds is 0. The molecule has 0 spiro atoms. The van der Waals surface area contributed by atoms with Crippen molar-refractivity contribution in [2.24, 2.45) is 0 Å². The van der Waals surface area contributed by atoms with E-state index in [0.29, 0.717) is 0 Å². The molecule has 0 aromatic heterocycles. The molecule has 0 fully saturated rings. The zero-order valence-corrected chi connectivity index (χ0v) is 171. The first-order valence-corrected chi connectivity index (χ1v) is 0. The van der Waals surface area contributed by atoms with Gasteiger partial charge in [-0.1, -0.05) is 0 Å². The minimum absolute atomic E-state index is 0. The third kappa shape index (κ3) is -0.0312. The SMILES string of the molecule is [Rf].[Rf].[Rf].[Rf].[Rf].[Rf].[Rf].[Rf].[Rf].[Rf].[Rf].[Rf].[Rf].[Rf].[Rf].[Rf].[Rf].[Rf].[Rf].[Rf].[Rf].[Rf].[Rf].[Rf]. The fourth-order valence-corrected chi connectivity index (χ4v) is 0. The summed E-state index contributed by atoms with van der Waals surface area (Å²) in [6.45, 7) is 0. The minimum Gasteiger partial charge on any atom is 0 e. The number of hydrogen-bond acceptors (Lipinski definition) is 0. The van der Waals surface area contributed by atoms with E-state index in [1.54, 1.807) is 0 Å². The molecule has 0 N–H and O–H groups in total. The van der Waals surface area contributed by atoms with E-state index in [0.717, 1.165) is 0 Å². The van der Waals surface area contributed by atoms with Gasteiger partial charge in [0.15, 0.2) is 0 Å². The van der Waals surface area contributed by atoms with Gasteiger partial charge in [0, 0.05) is 0 Å². The van der Waals surface area contributed by atoms with Crippen LogP contribution >= 0.6 is 0 Å². The van der Waals surface area contributed by atoms with Crippen molar-refractivity contribution in [2.75, 3.05) is 0 Å². The maximum absolute atomic E-state index is 0. The average Bonchev–Trinajstić information content (AvgIpc) is 0. The molecule has 24 heavy (non-hydrogen) atoms. The third-order valence-electron chi connectivity index (χ3n) is 0. The summed E-state index contributed by atoms with van der Waals surface area (Å²) in [5, 5.41) is 0. The van der Waals surface area contributed by atoms with Crippen LogP contribution in [0.1, 0.15) is 0 Å². The Morgan fingerprint density at radius 2 is 0.0417 bits per heavy atom. The summed E-state index contributed by atoms with van der Waals surface area (Å²) in [5.41, 5.74) is 0. The molecule has 0 unspecified atom stereocenters. The van der Waals surface area contributed by atoms with E-state index in [4.69, 9.17) is 0 Å². The van der Waals surface area contributed by atoms with Crippen LogP contribution in [0.5, 0.6) is 0 Å². The second-order valence-electron chi connectivity index (χ2n) is 0. The maximum atomic E-state index is 0. The van der Waals surface area contributed by atoms with E-state index in [2.05, 4.69) is 0 Å². The van der Waals surface area contributed by atoms with Crippen molar-refractivity contribution >= 4 is 0 Å². The molecule has 0 heterocycles. The molecular weight excluding hydrogens is 6410 g/mol. The van der Waals surface area contributed by atoms with E-state index < -0.39 is 0 Å². The van der Waals surface area contributed by atoms with Crippen LogP contribution in [0.3, 0.4) is 0 Å². The Kier molecular flexibility index (Phi) is 0. The van der Waals surface area contributed by atoms with Crippen molar-refractivity contribution in [1.82, 2.24) is 0 Å². The van der Waals surface area contributed by atoms with Crippen molar-refractivity contribution in [2.45, 2.75) is 0 Å². The van der Waals surface area contributed by atoms with Crippen LogP contribution in [0.25, 0.3) is 0 Å². The molecule has 0 aliphatic carbocycles. The van der Waals surface area contributed by atoms with Gasteiger partial charge >= 0.3 is 0 Å². The third-order valence-corrected chi connectivity index (χ3v) is 0. The zero-order chi connectivity index (χ0) is 0. The molecule has 0 aromatic carbocycles. The summed E-state index contributed by atoms with van der Waals surface area (Å²) in [4.78, 5) is 0. The standard InChI is InChI=1S/24Rf. The topological polar surface area (TPSA) is 0 Å². The van der Waals surface area contributed by atoms with Crippen LogP contribution in [0.4, 0.5) is 0 Å². The van der Waals surface area contributed by atoms with Gasteiger partial charge in [-0.3, -0.25) is 0 Å². The Morgan fingerprint density at radius 1 is 0.0417 bits per heavy atom. The van der Waals surface area contributed by atoms with Crippen LogP contribution < -0.4 is 0 Å². The molecule has 0 aliphatic rings. The fourth-order valence-electron chi connectivity index (χ4n) is 0. The van der Waals surface area contributed by atoms with Crippen LogP contribution in [-0.2, 0) is 0 Å². The number of hydrogen-bond donors (Lipinski definition) is 0. The summed E-state index contributed by atoms with van der Waals surface area (Å²) >= 11 is 0. The first-order valence-electron chi connectivity index (χ1n) is 0. The van der Waals surface area contributed by atoms with Gasteiger partial charge in [-0.2, -0.15) is 0 Å². The molecule has 0 amide bonds. The van der Waals surface area contributed by atoms with Crippen molar-refractivity contribution in [1.29, 1.82) is 0 Å². The summed E-state index contributed by atoms with van der Waals surface area (Å²) in [7, 11) is 0. The maximum Gasteiger partial charge on any atom is 0 e. The van der Waals surface area contributed by atoms with Crippen molar-refractivity contribution in [3.63, 3.8) is 0 Å². The Labute approximate surface area is 0 Å². The van der Waals surface area contributed by atoms with Crippen LogP contribution in [-0.4, -0.2) is 0 Å². The Balaban J connectivity index is 0. The molecule has 0 saturated heterocycles. The van der Waals surface area contributed by atoms with E-state index in [9.17, 15) is 0 Å². The van der Waals surface area contributed by atoms with Gasteiger partial charge in [0.2, 0.25) is 0 Å². The van der Waals surface area contributed by atoms with E-state index in [1.807, 2.05) is 0 Å². The quantitative estimate of drug-likeness (QED) is 0.321. The second kappa shape index (κ2) is -0.00694. The van der Waals surface area contributed by atoms with Gasteiger partial charge < -0.3 is 0 Å². The van der Waals surface area contributed by atoms with Gasteiger partial charge in [-0.25, -0.2) is 0 Å². The average molecular weight is 6410 g/mol. The van der Waals surface area contributed by atoms with Gasteiger partial charge in [-0.15, -0.1) is 0 Å². The van der Waals surface area contributed by atoms with Gasteiger partial charge in [0.05, 0.1) is 0 Å². The smallest absolute Gasteiger partial charge is 0 e. The molecule has 0 bridgehead atoms. The zero-order valence-electron chi connectivity index (χ0n) is 17.0. The molecule has 0 aromatic rings. The molecule has 0 rings (SSSR count). The van der Waals surface area contributed by atoms with Crippen molar-refractivity contribution in [3.8, 4) is 0 Å². The van der Waals surface area contributed by atoms with Gasteiger partial charge in [-0.05, 0) is 0 Å². The predicted molar refractivity (Wildman–Crippen MR) is 0 cm³/mol. The molecule has 0 radical (unpaired) electrons. The first-order chi connectivity index (χ1) is 0. The molecule has 0 nitrogen and oxygen atoms in total. The van der Waals surface area contributed by atoms with Crippen LogP contribution in [0, 0.1) is 0 Å². The Hall–Kier alpha value is -24.0. The summed E-state index contributed by atoms with van der Waals surface area (Å²) in [6.07, 6.45) is 0. The Morgan fingerprint density at radius 3 is 0.0417 bits per heavy atom. The fraction of sp³-hybridized carbons (Fsp3) is 0. The van der Waals surface area contributed by atoms with E-state index >= 15 is 0 Å². The van der Waals surface area contributed by atoms with Gasteiger partial charge in [0.1, 0.15) is 0 Å². The second-order valence-corrected chi connectivity index (χ2v) is 0. The molecule has 0 saturated carbocycles. The normalized spacial score (nSPS) is 0. The predicted octanol–water partition coefficient (Wildman–Crippen LogP) is 0. The summed E-state index contributed by atoms with van der Waals surface area (Å²) in [6, 6.07) is 0. The molecule has 24 heteroatoms. The largest absolute Gasteiger partial charge is 0 e. The van der Waals surface area contributed by atoms with Crippen LogP contribution in [0.15, 0.2) is 0 Å². The Bertz CT molecular complexity index is 0.